The van der Waals surface area contributed by atoms with Gasteiger partial charge in [0.1, 0.15) is 0 Å². The molecule has 0 bridgehead atoms. The molecule has 7 nitrogen and oxygen atoms in total. The predicted molar refractivity (Wildman–Crippen MR) is 79.5 cm³/mol. The van der Waals surface area contributed by atoms with Crippen LogP contribution in [0.25, 0.3) is 0 Å². The van der Waals surface area contributed by atoms with Crippen molar-refractivity contribution in [2.75, 3.05) is 27.4 Å². The summed E-state index contributed by atoms with van der Waals surface area (Å²) in [6.07, 6.45) is 3.12. The molecule has 1 aromatic heterocycles. The fraction of sp³-hybridized carbons (Fsp3) is 0.533. The van der Waals surface area contributed by atoms with Crippen LogP contribution in [0.2, 0.25) is 0 Å². The minimum absolute atomic E-state index is 0.0921. The molecule has 0 radical (unpaired) electrons. The number of hydrogen-bond acceptors (Lipinski definition) is 5. The second-order valence-electron chi connectivity index (χ2n) is 5.45. The quantitative estimate of drug-likeness (QED) is 0.830. The van der Waals surface area contributed by atoms with E-state index in [2.05, 4.69) is 4.98 Å². The zero-order valence-electron chi connectivity index (χ0n) is 12.9. The van der Waals surface area contributed by atoms with Gasteiger partial charge in [-0.1, -0.05) is 0 Å². The molecule has 22 heavy (non-hydrogen) atoms. The highest BCUT2D eigenvalue weighted by molar-refractivity contribution is 5.95. The van der Waals surface area contributed by atoms with E-state index in [1.165, 1.54) is 13.3 Å². The number of pyridine rings is 1. The van der Waals surface area contributed by atoms with Gasteiger partial charge in [0, 0.05) is 31.5 Å². The summed E-state index contributed by atoms with van der Waals surface area (Å²) in [6, 6.07) is 3.22. The Balaban J connectivity index is 2.30. The number of carbonyl (C=O) groups excluding carboxylic acids is 2. The monoisotopic (exact) mass is 307 g/mol. The molecule has 2 amide bonds. The number of methoxy groups -OCH3 is 2. The van der Waals surface area contributed by atoms with Crippen molar-refractivity contribution in [3.63, 3.8) is 0 Å². The topological polar surface area (TPSA) is 94.8 Å². The lowest BCUT2D eigenvalue weighted by Crippen LogP contribution is -2.52. The molecule has 1 saturated heterocycles. The average molecular weight is 307 g/mol. The molecule has 1 aromatic rings. The highest BCUT2D eigenvalue weighted by Crippen LogP contribution is 2.34. The molecule has 120 valence electrons. The van der Waals surface area contributed by atoms with Crippen molar-refractivity contribution >= 4 is 11.8 Å². The number of nitrogens with zero attached hydrogens (tertiary/aromatic N) is 2. The molecule has 0 aromatic carbocycles. The normalized spacial score (nSPS) is 20.9. The molecule has 2 rings (SSSR count). The first-order valence-electron chi connectivity index (χ1n) is 7.12. The molecule has 1 aliphatic heterocycles. The highest BCUT2D eigenvalue weighted by atomic mass is 16.5. The fourth-order valence-electron chi connectivity index (χ4n) is 3.04. The first-order valence-corrected chi connectivity index (χ1v) is 7.12. The summed E-state index contributed by atoms with van der Waals surface area (Å²) in [5, 5.41) is 0. The van der Waals surface area contributed by atoms with Gasteiger partial charge < -0.3 is 20.1 Å². The van der Waals surface area contributed by atoms with E-state index < -0.39 is 11.4 Å². The minimum atomic E-state index is -0.672. The first-order chi connectivity index (χ1) is 10.5. The van der Waals surface area contributed by atoms with Gasteiger partial charge >= 0.3 is 0 Å². The third kappa shape index (κ3) is 3.19. The number of amides is 2. The molecule has 0 spiro atoms. The second-order valence-corrected chi connectivity index (χ2v) is 5.45. The molecule has 0 aliphatic carbocycles. The molecule has 7 heteroatoms. The van der Waals surface area contributed by atoms with Crippen LogP contribution in [0.3, 0.4) is 0 Å². The standard InChI is InChI=1S/C15H21N3O4/c1-21-10-15(9-12(16)19)5-3-7-18(15)14(20)11-4-6-17-13(8-11)22-2/h4,6,8H,3,5,7,9-10H2,1-2H3,(H2,16,19)/t15-/m1/s1. The summed E-state index contributed by atoms with van der Waals surface area (Å²) in [7, 11) is 3.05. The van der Waals surface area contributed by atoms with Gasteiger partial charge in [0.25, 0.3) is 5.91 Å². The van der Waals surface area contributed by atoms with Crippen LogP contribution in [-0.2, 0) is 9.53 Å². The van der Waals surface area contributed by atoms with Crippen molar-refractivity contribution in [2.24, 2.45) is 5.73 Å². The maximum absolute atomic E-state index is 12.8. The van der Waals surface area contributed by atoms with E-state index in [9.17, 15) is 9.59 Å². The summed E-state index contributed by atoms with van der Waals surface area (Å²) < 4.78 is 10.3. The summed E-state index contributed by atoms with van der Waals surface area (Å²) in [5.74, 6) is -0.238. The Morgan fingerprint density at radius 3 is 2.86 bits per heavy atom. The number of hydrogen-bond donors (Lipinski definition) is 1. The zero-order chi connectivity index (χ0) is 16.2. The van der Waals surface area contributed by atoms with Gasteiger partial charge in [0.05, 0.1) is 25.7 Å². The van der Waals surface area contributed by atoms with Crippen LogP contribution in [-0.4, -0.2) is 54.6 Å². The lowest BCUT2D eigenvalue weighted by Gasteiger charge is -2.37. The zero-order valence-corrected chi connectivity index (χ0v) is 12.9. The minimum Gasteiger partial charge on any atom is -0.481 e. The van der Waals surface area contributed by atoms with Gasteiger partial charge in [-0.05, 0) is 18.9 Å². The number of nitrogens with two attached hydrogens (primary N) is 1. The summed E-state index contributed by atoms with van der Waals surface area (Å²) in [6.45, 7) is 0.851. The van der Waals surface area contributed by atoms with Crippen molar-refractivity contribution in [2.45, 2.75) is 24.8 Å². The number of likely N-dealkylation sites (tertiary alicyclic amines) is 1. The Bertz CT molecular complexity index is 563. The Morgan fingerprint density at radius 1 is 1.45 bits per heavy atom. The van der Waals surface area contributed by atoms with E-state index in [0.29, 0.717) is 24.4 Å². The van der Waals surface area contributed by atoms with Crippen LogP contribution in [0.4, 0.5) is 0 Å². The molecular weight excluding hydrogens is 286 g/mol. The Kier molecular flexibility index (Phi) is 4.97. The van der Waals surface area contributed by atoms with Crippen LogP contribution in [0.1, 0.15) is 29.6 Å². The van der Waals surface area contributed by atoms with E-state index in [4.69, 9.17) is 15.2 Å². The Hall–Kier alpha value is -2.15. The van der Waals surface area contributed by atoms with Crippen molar-refractivity contribution < 1.29 is 19.1 Å². The molecule has 1 fully saturated rings. The average Bonchev–Trinajstić information content (AvgIpc) is 2.89. The first kappa shape index (κ1) is 16.2. The van der Waals surface area contributed by atoms with Crippen molar-refractivity contribution in [1.29, 1.82) is 0 Å². The largest absolute Gasteiger partial charge is 0.481 e. The van der Waals surface area contributed by atoms with Crippen LogP contribution in [0.15, 0.2) is 18.3 Å². The fourth-order valence-corrected chi connectivity index (χ4v) is 3.04. The van der Waals surface area contributed by atoms with E-state index in [-0.39, 0.29) is 18.9 Å². The van der Waals surface area contributed by atoms with Gasteiger partial charge in [0.15, 0.2) is 0 Å². The van der Waals surface area contributed by atoms with Crippen LogP contribution < -0.4 is 10.5 Å². The third-order valence-electron chi connectivity index (χ3n) is 3.95. The van der Waals surface area contributed by atoms with Crippen molar-refractivity contribution in [3.8, 4) is 5.88 Å². The molecule has 2 heterocycles. The maximum Gasteiger partial charge on any atom is 0.254 e. The Labute approximate surface area is 129 Å². The number of primary amides is 1. The van der Waals surface area contributed by atoms with E-state index in [0.717, 1.165) is 6.42 Å². The molecule has 0 saturated carbocycles. The van der Waals surface area contributed by atoms with Crippen LogP contribution in [0, 0.1) is 0 Å². The van der Waals surface area contributed by atoms with Crippen molar-refractivity contribution in [3.05, 3.63) is 23.9 Å². The second kappa shape index (κ2) is 6.74. The van der Waals surface area contributed by atoms with E-state index >= 15 is 0 Å². The molecule has 1 aliphatic rings. The third-order valence-corrected chi connectivity index (χ3v) is 3.95. The lowest BCUT2D eigenvalue weighted by molar-refractivity contribution is -0.121. The smallest absolute Gasteiger partial charge is 0.254 e. The van der Waals surface area contributed by atoms with Crippen molar-refractivity contribution in [1.82, 2.24) is 9.88 Å². The molecular formula is C15H21N3O4. The molecule has 0 unspecified atom stereocenters. The van der Waals surface area contributed by atoms with Gasteiger partial charge in [-0.2, -0.15) is 0 Å². The summed E-state index contributed by atoms with van der Waals surface area (Å²) in [5.41, 5.74) is 5.17. The van der Waals surface area contributed by atoms with Gasteiger partial charge in [0.2, 0.25) is 11.8 Å². The van der Waals surface area contributed by atoms with E-state index in [1.54, 1.807) is 24.1 Å². The number of rotatable bonds is 6. The Morgan fingerprint density at radius 2 is 2.23 bits per heavy atom. The van der Waals surface area contributed by atoms with Gasteiger partial charge in [-0.3, -0.25) is 9.59 Å². The van der Waals surface area contributed by atoms with E-state index in [1.807, 2.05) is 0 Å². The number of ether oxygens (including phenoxy) is 2. The summed E-state index contributed by atoms with van der Waals surface area (Å²) in [4.78, 5) is 29.9. The van der Waals surface area contributed by atoms with Gasteiger partial charge in [-0.25, -0.2) is 4.98 Å². The number of aromatic nitrogens is 1. The van der Waals surface area contributed by atoms with Crippen LogP contribution in [0.5, 0.6) is 5.88 Å². The molecule has 1 atom stereocenters. The van der Waals surface area contributed by atoms with Gasteiger partial charge in [-0.15, -0.1) is 0 Å². The highest BCUT2D eigenvalue weighted by Gasteiger charge is 2.45. The maximum atomic E-state index is 12.8. The lowest BCUT2D eigenvalue weighted by atomic mass is 9.92. The van der Waals surface area contributed by atoms with Crippen LogP contribution >= 0.6 is 0 Å². The number of carbonyl (C=O) groups is 2. The predicted octanol–water partition coefficient (Wildman–Crippen LogP) is 0.587. The molecule has 2 N–H and O–H groups in total. The summed E-state index contributed by atoms with van der Waals surface area (Å²) >= 11 is 0. The SMILES string of the molecule is COC[C@]1(CC(N)=O)CCCN1C(=O)c1ccnc(OC)c1.